The summed E-state index contributed by atoms with van der Waals surface area (Å²) in [5.74, 6) is 0.487. The quantitative estimate of drug-likeness (QED) is 0.349. The van der Waals surface area contributed by atoms with Crippen molar-refractivity contribution in [1.29, 1.82) is 0 Å². The van der Waals surface area contributed by atoms with Crippen LogP contribution in [0.4, 0.5) is 20.0 Å². The normalized spacial score (nSPS) is 10.6. The van der Waals surface area contributed by atoms with Crippen LogP contribution >= 0.6 is 23.1 Å². The monoisotopic (exact) mass is 436 g/mol. The zero-order chi connectivity index (χ0) is 20.8. The van der Waals surface area contributed by atoms with Gasteiger partial charge in [-0.15, -0.1) is 22.0 Å². The molecule has 2 N–H and O–H groups in total. The average Bonchev–Trinajstić information content (AvgIpc) is 3.23. The maximum Gasteiger partial charge on any atom is 0.325 e. The number of rotatable bonds is 6. The van der Waals surface area contributed by atoms with E-state index in [4.69, 9.17) is 0 Å². The fraction of sp³-hybridized carbons (Fsp3) is 0.0455. The summed E-state index contributed by atoms with van der Waals surface area (Å²) in [6, 6.07) is 23.3. The van der Waals surface area contributed by atoms with E-state index in [-0.39, 0.29) is 5.82 Å². The van der Waals surface area contributed by atoms with Gasteiger partial charge < -0.3 is 5.32 Å². The highest BCUT2D eigenvalue weighted by Gasteiger charge is 2.13. The Hall–Kier alpha value is -3.23. The maximum absolute atomic E-state index is 13.0. The fourth-order valence-electron chi connectivity index (χ4n) is 2.68. The Morgan fingerprint density at radius 1 is 0.900 bits per heavy atom. The van der Waals surface area contributed by atoms with Gasteiger partial charge >= 0.3 is 6.03 Å². The molecule has 0 spiro atoms. The van der Waals surface area contributed by atoms with E-state index < -0.39 is 6.03 Å². The lowest BCUT2D eigenvalue weighted by Gasteiger charge is -2.06. The van der Waals surface area contributed by atoms with Crippen molar-refractivity contribution in [3.8, 4) is 10.6 Å². The lowest BCUT2D eigenvalue weighted by Crippen LogP contribution is -2.19. The second-order valence-corrected chi connectivity index (χ2v) is 8.26. The molecule has 1 aromatic heterocycles. The van der Waals surface area contributed by atoms with Crippen molar-refractivity contribution in [2.24, 2.45) is 0 Å². The molecular weight excluding hydrogens is 419 g/mol. The molecule has 0 aliphatic heterocycles. The van der Waals surface area contributed by atoms with Gasteiger partial charge in [0.05, 0.1) is 0 Å². The van der Waals surface area contributed by atoms with Crippen LogP contribution in [0.5, 0.6) is 0 Å². The van der Waals surface area contributed by atoms with Gasteiger partial charge in [0, 0.05) is 21.9 Å². The van der Waals surface area contributed by atoms with E-state index in [0.29, 0.717) is 10.8 Å². The predicted molar refractivity (Wildman–Crippen MR) is 120 cm³/mol. The van der Waals surface area contributed by atoms with E-state index in [1.165, 1.54) is 41.2 Å². The number of anilines is 2. The zero-order valence-corrected chi connectivity index (χ0v) is 17.3. The summed E-state index contributed by atoms with van der Waals surface area (Å²) in [5.41, 5.74) is 2.71. The molecule has 8 heteroatoms. The zero-order valence-electron chi connectivity index (χ0n) is 15.7. The first-order valence-corrected chi connectivity index (χ1v) is 10.9. The van der Waals surface area contributed by atoms with Crippen LogP contribution in [0.2, 0.25) is 0 Å². The fourth-order valence-corrected chi connectivity index (χ4v) is 4.53. The Morgan fingerprint density at radius 3 is 2.43 bits per heavy atom. The molecule has 5 nitrogen and oxygen atoms in total. The number of hydrogen-bond donors (Lipinski definition) is 2. The minimum atomic E-state index is -0.462. The van der Waals surface area contributed by atoms with Gasteiger partial charge in [-0.25, -0.2) is 9.18 Å². The van der Waals surface area contributed by atoms with Crippen LogP contribution in [0.3, 0.4) is 0 Å². The van der Waals surface area contributed by atoms with Crippen LogP contribution < -0.4 is 10.6 Å². The minimum absolute atomic E-state index is 0.362. The molecule has 0 aliphatic rings. The molecule has 0 saturated carbocycles. The molecule has 30 heavy (non-hydrogen) atoms. The average molecular weight is 437 g/mol. The van der Waals surface area contributed by atoms with Gasteiger partial charge in [-0.05, 0) is 35.9 Å². The Kier molecular flexibility index (Phi) is 6.36. The van der Waals surface area contributed by atoms with Gasteiger partial charge in [-0.1, -0.05) is 59.9 Å². The van der Waals surface area contributed by atoms with Crippen molar-refractivity contribution in [3.05, 3.63) is 90.2 Å². The number of thioether (sulfide) groups is 1. The highest BCUT2D eigenvalue weighted by molar-refractivity contribution is 7.98. The molecule has 0 bridgehead atoms. The van der Waals surface area contributed by atoms with Crippen molar-refractivity contribution in [2.45, 2.75) is 10.6 Å². The SMILES string of the molecule is O=C(Nc1ccc(F)cc1)Nc1nnc(-c2ccccc2SCc2ccccc2)s1. The number of aromatic nitrogens is 2. The second-order valence-electron chi connectivity index (χ2n) is 6.27. The molecule has 4 rings (SSSR count). The van der Waals surface area contributed by atoms with Gasteiger partial charge in [-0.3, -0.25) is 5.32 Å². The van der Waals surface area contributed by atoms with Gasteiger partial charge in [0.15, 0.2) is 5.01 Å². The summed E-state index contributed by atoms with van der Waals surface area (Å²) in [7, 11) is 0. The molecule has 0 fully saturated rings. The summed E-state index contributed by atoms with van der Waals surface area (Å²) in [4.78, 5) is 13.3. The molecule has 0 radical (unpaired) electrons. The third-order valence-electron chi connectivity index (χ3n) is 4.10. The summed E-state index contributed by atoms with van der Waals surface area (Å²) in [6.07, 6.45) is 0. The Morgan fingerprint density at radius 2 is 1.63 bits per heavy atom. The molecule has 0 atom stereocenters. The number of carbonyl (C=O) groups excluding carboxylic acids is 1. The number of nitrogens with one attached hydrogen (secondary N) is 2. The Bertz CT molecular complexity index is 1130. The van der Waals surface area contributed by atoms with Crippen LogP contribution in [-0.2, 0) is 5.75 Å². The number of nitrogens with zero attached hydrogens (tertiary/aromatic N) is 2. The Balaban J connectivity index is 1.43. The van der Waals surface area contributed by atoms with E-state index >= 15 is 0 Å². The van der Waals surface area contributed by atoms with Crippen LogP contribution in [0, 0.1) is 5.82 Å². The number of hydrogen-bond acceptors (Lipinski definition) is 5. The number of benzene rings is 3. The van der Waals surface area contributed by atoms with Crippen molar-refractivity contribution in [3.63, 3.8) is 0 Å². The maximum atomic E-state index is 13.0. The molecule has 3 aromatic carbocycles. The summed E-state index contributed by atoms with van der Waals surface area (Å²) in [6.45, 7) is 0. The van der Waals surface area contributed by atoms with E-state index in [1.54, 1.807) is 11.8 Å². The highest BCUT2D eigenvalue weighted by atomic mass is 32.2. The van der Waals surface area contributed by atoms with E-state index in [2.05, 4.69) is 39.0 Å². The lowest BCUT2D eigenvalue weighted by molar-refractivity contribution is 0.262. The van der Waals surface area contributed by atoms with Crippen LogP contribution in [-0.4, -0.2) is 16.2 Å². The van der Waals surface area contributed by atoms with Crippen LogP contribution in [0.25, 0.3) is 10.6 Å². The molecule has 2 amide bonds. The molecule has 150 valence electrons. The van der Waals surface area contributed by atoms with Crippen LogP contribution in [0.1, 0.15) is 5.56 Å². The standard InChI is InChI=1S/C22H17FN4OS2/c23-16-10-12-17(13-11-16)24-21(28)25-22-27-26-20(30-22)18-8-4-5-9-19(18)29-14-15-6-2-1-3-7-15/h1-13H,14H2,(H2,24,25,27,28). The topological polar surface area (TPSA) is 66.9 Å². The molecule has 0 aliphatic carbocycles. The number of urea groups is 1. The van der Waals surface area contributed by atoms with Gasteiger partial charge in [-0.2, -0.15) is 0 Å². The first-order valence-electron chi connectivity index (χ1n) is 9.10. The molecule has 1 heterocycles. The summed E-state index contributed by atoms with van der Waals surface area (Å²) >= 11 is 3.03. The van der Waals surface area contributed by atoms with E-state index in [1.807, 2.05) is 36.4 Å². The smallest absolute Gasteiger partial charge is 0.308 e. The molecular formula is C22H17FN4OS2. The molecule has 0 saturated heterocycles. The highest BCUT2D eigenvalue weighted by Crippen LogP contribution is 2.35. The van der Waals surface area contributed by atoms with Crippen molar-refractivity contribution >= 4 is 39.9 Å². The van der Waals surface area contributed by atoms with Crippen molar-refractivity contribution < 1.29 is 9.18 Å². The largest absolute Gasteiger partial charge is 0.325 e. The van der Waals surface area contributed by atoms with Crippen molar-refractivity contribution in [2.75, 3.05) is 10.6 Å². The lowest BCUT2D eigenvalue weighted by atomic mass is 10.2. The second kappa shape index (κ2) is 9.51. The number of halogens is 1. The third-order valence-corrected chi connectivity index (χ3v) is 6.12. The van der Waals surface area contributed by atoms with E-state index in [0.717, 1.165) is 21.2 Å². The number of amides is 2. The first kappa shape index (κ1) is 20.1. The Labute approximate surface area is 181 Å². The first-order chi connectivity index (χ1) is 14.7. The number of carbonyl (C=O) groups is 1. The van der Waals surface area contributed by atoms with Gasteiger partial charge in [0.1, 0.15) is 5.82 Å². The van der Waals surface area contributed by atoms with Crippen LogP contribution in [0.15, 0.2) is 83.8 Å². The third kappa shape index (κ3) is 5.22. The molecule has 4 aromatic rings. The summed E-state index contributed by atoms with van der Waals surface area (Å²) in [5, 5.41) is 14.7. The predicted octanol–water partition coefficient (Wildman–Crippen LogP) is 6.28. The van der Waals surface area contributed by atoms with Gasteiger partial charge in [0.2, 0.25) is 5.13 Å². The summed E-state index contributed by atoms with van der Waals surface area (Å²) < 4.78 is 13.0. The van der Waals surface area contributed by atoms with E-state index in [9.17, 15) is 9.18 Å². The molecule has 0 unspecified atom stereocenters. The minimum Gasteiger partial charge on any atom is -0.308 e. The van der Waals surface area contributed by atoms with Gasteiger partial charge in [0.25, 0.3) is 0 Å². The van der Waals surface area contributed by atoms with Crippen molar-refractivity contribution in [1.82, 2.24) is 10.2 Å².